The Hall–Kier alpha value is -1.57. The number of benzene rings is 1. The average Bonchev–Trinajstić information content (AvgIpc) is 3.13. The zero-order valence-electron chi connectivity index (χ0n) is 12.2. The Kier molecular flexibility index (Phi) is 3.90. The number of carbonyl (C=O) groups is 1. The van der Waals surface area contributed by atoms with Gasteiger partial charge in [0.05, 0.1) is 0 Å². The van der Waals surface area contributed by atoms with Crippen LogP contribution in [0.25, 0.3) is 6.08 Å². The number of nitrogens with zero attached hydrogens (tertiary/aromatic N) is 1. The van der Waals surface area contributed by atoms with Gasteiger partial charge >= 0.3 is 0 Å². The number of rotatable bonds is 4. The molecular weight excluding hydrogens is 246 g/mol. The van der Waals surface area contributed by atoms with Crippen LogP contribution in [0.5, 0.6) is 0 Å². The third kappa shape index (κ3) is 3.12. The fraction of sp³-hybridized carbons (Fsp3) is 0.500. The maximum absolute atomic E-state index is 12.5. The van der Waals surface area contributed by atoms with Crippen molar-refractivity contribution in [2.45, 2.75) is 57.5 Å². The molecule has 0 unspecified atom stereocenters. The molecule has 1 aromatic rings. The number of hydrogen-bond acceptors (Lipinski definition) is 1. The first-order valence-corrected chi connectivity index (χ1v) is 7.81. The molecule has 106 valence electrons. The lowest BCUT2D eigenvalue weighted by atomic mass is 10.1. The Morgan fingerprint density at radius 2 is 1.65 bits per heavy atom. The molecule has 0 spiro atoms. The summed E-state index contributed by atoms with van der Waals surface area (Å²) in [5.41, 5.74) is 2.35. The molecule has 0 atom stereocenters. The van der Waals surface area contributed by atoms with Crippen molar-refractivity contribution in [3.63, 3.8) is 0 Å². The highest BCUT2D eigenvalue weighted by molar-refractivity contribution is 5.92. The summed E-state index contributed by atoms with van der Waals surface area (Å²) in [6.45, 7) is 2.08. The molecule has 2 saturated carbocycles. The Morgan fingerprint density at radius 3 is 2.25 bits per heavy atom. The van der Waals surface area contributed by atoms with Crippen LogP contribution in [0.2, 0.25) is 0 Å². The van der Waals surface area contributed by atoms with Crippen LogP contribution in [0.3, 0.4) is 0 Å². The fourth-order valence-corrected chi connectivity index (χ4v) is 3.12. The second-order valence-corrected chi connectivity index (χ2v) is 6.16. The minimum absolute atomic E-state index is 0.208. The van der Waals surface area contributed by atoms with Crippen LogP contribution in [0, 0.1) is 6.92 Å². The predicted molar refractivity (Wildman–Crippen MR) is 82.3 cm³/mol. The highest BCUT2D eigenvalue weighted by atomic mass is 16.2. The molecule has 2 aliphatic carbocycles. The molecule has 2 heteroatoms. The van der Waals surface area contributed by atoms with Gasteiger partial charge in [0.2, 0.25) is 5.91 Å². The summed E-state index contributed by atoms with van der Waals surface area (Å²) in [7, 11) is 0. The average molecular weight is 269 g/mol. The predicted octanol–water partition coefficient (Wildman–Crippen LogP) is 3.94. The quantitative estimate of drug-likeness (QED) is 0.758. The molecule has 0 saturated heterocycles. The van der Waals surface area contributed by atoms with Crippen molar-refractivity contribution in [3.05, 3.63) is 41.5 Å². The van der Waals surface area contributed by atoms with Crippen LogP contribution in [0.4, 0.5) is 0 Å². The van der Waals surface area contributed by atoms with Crippen molar-refractivity contribution in [1.29, 1.82) is 0 Å². The fourth-order valence-electron chi connectivity index (χ4n) is 3.12. The summed E-state index contributed by atoms with van der Waals surface area (Å²) in [4.78, 5) is 14.7. The molecule has 0 heterocycles. The molecule has 0 aliphatic heterocycles. The monoisotopic (exact) mass is 269 g/mol. The summed E-state index contributed by atoms with van der Waals surface area (Å²) in [6.07, 6.45) is 11.1. The van der Waals surface area contributed by atoms with Gasteiger partial charge in [-0.3, -0.25) is 4.79 Å². The van der Waals surface area contributed by atoms with E-state index in [-0.39, 0.29) is 5.91 Å². The molecule has 20 heavy (non-hydrogen) atoms. The zero-order valence-corrected chi connectivity index (χ0v) is 12.2. The molecule has 2 nitrogen and oxygen atoms in total. The summed E-state index contributed by atoms with van der Waals surface area (Å²) >= 11 is 0. The van der Waals surface area contributed by atoms with Gasteiger partial charge in [-0.2, -0.15) is 0 Å². The zero-order chi connectivity index (χ0) is 13.9. The van der Waals surface area contributed by atoms with Gasteiger partial charge in [0.1, 0.15) is 0 Å². The molecule has 0 aromatic heterocycles. The largest absolute Gasteiger partial charge is 0.333 e. The Balaban J connectivity index is 1.68. The van der Waals surface area contributed by atoms with E-state index >= 15 is 0 Å². The van der Waals surface area contributed by atoms with Crippen LogP contribution in [-0.2, 0) is 4.79 Å². The SMILES string of the molecule is Cc1ccc(/C=C/C(=O)N(C2CCCC2)C2CC2)cc1. The smallest absolute Gasteiger partial charge is 0.247 e. The van der Waals surface area contributed by atoms with Crippen molar-refractivity contribution in [2.75, 3.05) is 0 Å². The Morgan fingerprint density at radius 1 is 1.05 bits per heavy atom. The standard InChI is InChI=1S/C18H23NO/c1-14-6-8-15(9-7-14)10-13-18(20)19(17-11-12-17)16-4-2-3-5-16/h6-10,13,16-17H,2-5,11-12H2,1H3/b13-10+. The molecular formula is C18H23NO. The van der Waals surface area contributed by atoms with Crippen molar-refractivity contribution in [3.8, 4) is 0 Å². The summed E-state index contributed by atoms with van der Waals surface area (Å²) in [6, 6.07) is 9.32. The van der Waals surface area contributed by atoms with E-state index in [2.05, 4.69) is 36.1 Å². The first-order chi connectivity index (χ1) is 9.74. The van der Waals surface area contributed by atoms with Crippen molar-refractivity contribution in [2.24, 2.45) is 0 Å². The van der Waals surface area contributed by atoms with Crippen molar-refractivity contribution < 1.29 is 4.79 Å². The lowest BCUT2D eigenvalue weighted by molar-refractivity contribution is -0.128. The molecule has 2 aliphatic rings. The summed E-state index contributed by atoms with van der Waals surface area (Å²) in [5, 5.41) is 0. The highest BCUT2D eigenvalue weighted by Gasteiger charge is 2.37. The third-order valence-electron chi connectivity index (χ3n) is 4.41. The Labute approximate surface area is 121 Å². The van der Waals surface area contributed by atoms with Gasteiger partial charge in [-0.25, -0.2) is 0 Å². The molecule has 0 bridgehead atoms. The maximum atomic E-state index is 12.5. The normalized spacial score (nSPS) is 19.6. The lowest BCUT2D eigenvalue weighted by Crippen LogP contribution is -2.39. The summed E-state index contributed by atoms with van der Waals surface area (Å²) < 4.78 is 0. The van der Waals surface area contributed by atoms with E-state index in [9.17, 15) is 4.79 Å². The topological polar surface area (TPSA) is 20.3 Å². The van der Waals surface area contributed by atoms with Gasteiger partial charge in [-0.05, 0) is 44.2 Å². The number of aryl methyl sites for hydroxylation is 1. The number of hydrogen-bond donors (Lipinski definition) is 0. The minimum Gasteiger partial charge on any atom is -0.333 e. The highest BCUT2D eigenvalue weighted by Crippen LogP contribution is 2.34. The van der Waals surface area contributed by atoms with Crippen molar-refractivity contribution in [1.82, 2.24) is 4.90 Å². The summed E-state index contributed by atoms with van der Waals surface area (Å²) in [5.74, 6) is 0.208. The van der Waals surface area contributed by atoms with Crippen LogP contribution in [-0.4, -0.2) is 22.9 Å². The molecule has 1 aromatic carbocycles. The van der Waals surface area contributed by atoms with E-state index < -0.39 is 0 Å². The van der Waals surface area contributed by atoms with Gasteiger partial charge in [0, 0.05) is 18.2 Å². The van der Waals surface area contributed by atoms with Gasteiger partial charge in [0.15, 0.2) is 0 Å². The lowest BCUT2D eigenvalue weighted by Gasteiger charge is -2.27. The van der Waals surface area contributed by atoms with E-state index in [1.165, 1.54) is 44.1 Å². The minimum atomic E-state index is 0.208. The van der Waals surface area contributed by atoms with E-state index in [1.54, 1.807) is 6.08 Å². The molecule has 3 rings (SSSR count). The van der Waals surface area contributed by atoms with Crippen LogP contribution >= 0.6 is 0 Å². The van der Waals surface area contributed by atoms with Crippen LogP contribution in [0.1, 0.15) is 49.7 Å². The molecule has 2 fully saturated rings. The van der Waals surface area contributed by atoms with Gasteiger partial charge in [0.25, 0.3) is 0 Å². The van der Waals surface area contributed by atoms with E-state index in [1.807, 2.05) is 6.08 Å². The molecule has 0 N–H and O–H groups in total. The van der Waals surface area contributed by atoms with Gasteiger partial charge in [-0.15, -0.1) is 0 Å². The van der Waals surface area contributed by atoms with E-state index in [4.69, 9.17) is 0 Å². The first kappa shape index (κ1) is 13.4. The third-order valence-corrected chi connectivity index (χ3v) is 4.41. The van der Waals surface area contributed by atoms with E-state index in [0.29, 0.717) is 12.1 Å². The second-order valence-electron chi connectivity index (χ2n) is 6.16. The molecule has 0 radical (unpaired) electrons. The Bertz CT molecular complexity index is 493. The van der Waals surface area contributed by atoms with E-state index in [0.717, 1.165) is 5.56 Å². The van der Waals surface area contributed by atoms with Crippen LogP contribution < -0.4 is 0 Å². The van der Waals surface area contributed by atoms with Gasteiger partial charge in [-0.1, -0.05) is 42.7 Å². The van der Waals surface area contributed by atoms with Gasteiger partial charge < -0.3 is 4.90 Å². The molecule has 1 amide bonds. The maximum Gasteiger partial charge on any atom is 0.247 e. The first-order valence-electron chi connectivity index (χ1n) is 7.81. The second kappa shape index (κ2) is 5.82. The van der Waals surface area contributed by atoms with Crippen molar-refractivity contribution >= 4 is 12.0 Å². The number of amides is 1. The van der Waals surface area contributed by atoms with Crippen LogP contribution in [0.15, 0.2) is 30.3 Å². The number of carbonyl (C=O) groups excluding carboxylic acids is 1.